The number of nitrogens with one attached hydrogen (secondary N) is 1. The molecule has 1 aromatic rings. The van der Waals surface area contributed by atoms with Gasteiger partial charge in [0.05, 0.1) is 9.40 Å². The molecule has 1 fully saturated rings. The van der Waals surface area contributed by atoms with Gasteiger partial charge in [0.25, 0.3) is 5.69 Å². The Balaban J connectivity index is 0.00000242. The number of nitro benzene ring substituents is 1. The van der Waals surface area contributed by atoms with Gasteiger partial charge in [-0.2, -0.15) is 0 Å². The Labute approximate surface area is 157 Å². The highest BCUT2D eigenvalue weighted by molar-refractivity contribution is 9.10. The van der Waals surface area contributed by atoms with E-state index in [2.05, 4.69) is 32.7 Å². The lowest BCUT2D eigenvalue weighted by Gasteiger charge is -2.35. The number of nitro groups is 1. The maximum Gasteiger partial charge on any atom is 0.283 e. The molecule has 1 atom stereocenters. The van der Waals surface area contributed by atoms with Gasteiger partial charge in [0, 0.05) is 38.3 Å². The van der Waals surface area contributed by atoms with Gasteiger partial charge in [-0.15, -0.1) is 31.4 Å². The first-order chi connectivity index (χ1) is 10.1. The third kappa shape index (κ3) is 6.04. The van der Waals surface area contributed by atoms with Crippen molar-refractivity contribution < 1.29 is 4.92 Å². The Hall–Kier alpha value is -0.660. The zero-order valence-electron chi connectivity index (χ0n) is 12.7. The van der Waals surface area contributed by atoms with Gasteiger partial charge in [-0.1, -0.05) is 12.1 Å². The van der Waals surface area contributed by atoms with Crippen LogP contribution in [0.15, 0.2) is 35.3 Å². The first kappa shape index (κ1) is 22.3. The van der Waals surface area contributed by atoms with Crippen LogP contribution in [0, 0.1) is 10.1 Å². The zero-order valence-corrected chi connectivity index (χ0v) is 16.0. The molecule has 23 heavy (non-hydrogen) atoms. The Morgan fingerprint density at radius 1 is 1.39 bits per heavy atom. The van der Waals surface area contributed by atoms with Gasteiger partial charge in [0.15, 0.2) is 0 Å². The van der Waals surface area contributed by atoms with E-state index < -0.39 is 0 Å². The maximum absolute atomic E-state index is 11.1. The third-order valence-corrected chi connectivity index (χ3v) is 4.46. The molecule has 1 aromatic carbocycles. The van der Waals surface area contributed by atoms with E-state index in [1.54, 1.807) is 12.1 Å². The predicted molar refractivity (Wildman–Crippen MR) is 102 cm³/mol. The summed E-state index contributed by atoms with van der Waals surface area (Å²) in [5.74, 6) is 0. The van der Waals surface area contributed by atoms with Gasteiger partial charge < -0.3 is 5.32 Å². The number of hydrogen-bond acceptors (Lipinski definition) is 4. The van der Waals surface area contributed by atoms with Crippen molar-refractivity contribution in [2.45, 2.75) is 18.9 Å². The molecule has 0 amide bonds. The third-order valence-electron chi connectivity index (χ3n) is 3.79. The average Bonchev–Trinajstić information content (AvgIpc) is 2.50. The van der Waals surface area contributed by atoms with Gasteiger partial charge >= 0.3 is 0 Å². The average molecular weight is 427 g/mol. The van der Waals surface area contributed by atoms with E-state index in [-0.39, 0.29) is 41.5 Å². The number of allylic oxidation sites excluding steroid dienone is 1. The van der Waals surface area contributed by atoms with E-state index in [0.29, 0.717) is 4.47 Å². The Morgan fingerprint density at radius 3 is 2.61 bits per heavy atom. The largest absolute Gasteiger partial charge is 0.314 e. The lowest BCUT2D eigenvalue weighted by atomic mass is 9.99. The summed E-state index contributed by atoms with van der Waals surface area (Å²) in [5.41, 5.74) is 1.14. The standard InChI is InChI=1S/C15H20BrN3O2.2ClH/c1-2-3-4-14(18-9-7-17-8-10-18)12-5-6-13(16)15(11-12)19(20)21;;/h2,5-6,11,14,17H,1,3-4,7-10H2;2*1H/t14-;;/m1../s1. The summed E-state index contributed by atoms with van der Waals surface area (Å²) in [7, 11) is 0. The molecule has 1 aliphatic heterocycles. The topological polar surface area (TPSA) is 58.4 Å². The first-order valence-corrected chi connectivity index (χ1v) is 7.92. The van der Waals surface area contributed by atoms with Crippen molar-refractivity contribution in [3.8, 4) is 0 Å². The molecule has 130 valence electrons. The van der Waals surface area contributed by atoms with Gasteiger partial charge in [0.2, 0.25) is 0 Å². The summed E-state index contributed by atoms with van der Waals surface area (Å²) in [6.07, 6.45) is 3.74. The SMILES string of the molecule is C=CCC[C@H](c1ccc(Br)c([N+](=O)[O-])c1)N1CCNCC1.Cl.Cl. The van der Waals surface area contributed by atoms with E-state index in [4.69, 9.17) is 0 Å². The van der Waals surface area contributed by atoms with Crippen LogP contribution in [0.4, 0.5) is 5.69 Å². The fourth-order valence-corrected chi connectivity index (χ4v) is 3.10. The van der Waals surface area contributed by atoms with E-state index in [0.717, 1.165) is 44.6 Å². The molecule has 0 saturated carbocycles. The van der Waals surface area contributed by atoms with Crippen LogP contribution in [0.2, 0.25) is 0 Å². The van der Waals surface area contributed by atoms with E-state index in [1.807, 2.05) is 12.1 Å². The van der Waals surface area contributed by atoms with Crippen LogP contribution in [0.3, 0.4) is 0 Å². The van der Waals surface area contributed by atoms with Crippen LogP contribution in [0.1, 0.15) is 24.4 Å². The predicted octanol–water partition coefficient (Wildman–Crippen LogP) is 4.11. The van der Waals surface area contributed by atoms with Crippen LogP contribution < -0.4 is 5.32 Å². The highest BCUT2D eigenvalue weighted by Gasteiger charge is 2.24. The van der Waals surface area contributed by atoms with Crippen molar-refractivity contribution in [1.82, 2.24) is 10.2 Å². The van der Waals surface area contributed by atoms with Crippen molar-refractivity contribution in [2.24, 2.45) is 0 Å². The number of hydrogen-bond donors (Lipinski definition) is 1. The van der Waals surface area contributed by atoms with E-state index >= 15 is 0 Å². The summed E-state index contributed by atoms with van der Waals surface area (Å²) in [6, 6.07) is 5.65. The van der Waals surface area contributed by atoms with Crippen molar-refractivity contribution >= 4 is 46.4 Å². The minimum absolute atomic E-state index is 0. The lowest BCUT2D eigenvalue weighted by Crippen LogP contribution is -2.45. The minimum Gasteiger partial charge on any atom is -0.314 e. The van der Waals surface area contributed by atoms with Crippen molar-refractivity contribution in [1.29, 1.82) is 0 Å². The highest BCUT2D eigenvalue weighted by atomic mass is 79.9. The first-order valence-electron chi connectivity index (χ1n) is 7.13. The van der Waals surface area contributed by atoms with Crippen LogP contribution in [0.5, 0.6) is 0 Å². The summed E-state index contributed by atoms with van der Waals surface area (Å²) in [6.45, 7) is 7.64. The number of halogens is 3. The van der Waals surface area contributed by atoms with Gasteiger partial charge in [-0.05, 0) is 40.4 Å². The molecule has 1 saturated heterocycles. The molecule has 2 rings (SSSR count). The Bertz CT molecular complexity index is 525. The normalized spacial score (nSPS) is 15.9. The Morgan fingerprint density at radius 2 is 2.04 bits per heavy atom. The summed E-state index contributed by atoms with van der Waals surface area (Å²) in [5, 5.41) is 14.5. The molecular weight excluding hydrogens is 405 g/mol. The molecule has 0 aliphatic carbocycles. The summed E-state index contributed by atoms with van der Waals surface area (Å²) >= 11 is 3.25. The molecule has 0 unspecified atom stereocenters. The summed E-state index contributed by atoms with van der Waals surface area (Å²) < 4.78 is 0.527. The number of nitrogens with zero attached hydrogens (tertiary/aromatic N) is 2. The van der Waals surface area contributed by atoms with Crippen molar-refractivity contribution in [3.05, 3.63) is 51.0 Å². The lowest BCUT2D eigenvalue weighted by molar-refractivity contribution is -0.385. The second kappa shape index (κ2) is 11.0. The van der Waals surface area contributed by atoms with Crippen LogP contribution in [0.25, 0.3) is 0 Å². The molecule has 5 nitrogen and oxygen atoms in total. The number of benzene rings is 1. The molecule has 0 bridgehead atoms. The molecule has 1 aliphatic rings. The molecule has 0 aromatic heterocycles. The molecule has 8 heteroatoms. The smallest absolute Gasteiger partial charge is 0.283 e. The molecule has 1 N–H and O–H groups in total. The van der Waals surface area contributed by atoms with Crippen LogP contribution in [-0.4, -0.2) is 36.0 Å². The quantitative estimate of drug-likeness (QED) is 0.422. The second-order valence-electron chi connectivity index (χ2n) is 5.14. The van der Waals surface area contributed by atoms with Crippen LogP contribution in [-0.2, 0) is 0 Å². The molecular formula is C15H22BrCl2N3O2. The zero-order chi connectivity index (χ0) is 15.2. The van der Waals surface area contributed by atoms with Gasteiger partial charge in [0.1, 0.15) is 0 Å². The second-order valence-corrected chi connectivity index (χ2v) is 5.99. The number of rotatable bonds is 6. The number of piperazine rings is 1. The van der Waals surface area contributed by atoms with E-state index in [9.17, 15) is 10.1 Å². The minimum atomic E-state index is -0.337. The maximum atomic E-state index is 11.1. The molecule has 0 radical (unpaired) electrons. The van der Waals surface area contributed by atoms with Crippen LogP contribution >= 0.6 is 40.7 Å². The monoisotopic (exact) mass is 425 g/mol. The highest BCUT2D eigenvalue weighted by Crippen LogP contribution is 2.32. The molecule has 0 spiro atoms. The van der Waals surface area contributed by atoms with Crippen molar-refractivity contribution in [3.63, 3.8) is 0 Å². The fourth-order valence-electron chi connectivity index (χ4n) is 2.71. The Kier molecular flexibility index (Phi) is 10.7. The van der Waals surface area contributed by atoms with Gasteiger partial charge in [-0.3, -0.25) is 15.0 Å². The van der Waals surface area contributed by atoms with E-state index in [1.165, 1.54) is 0 Å². The van der Waals surface area contributed by atoms with Gasteiger partial charge in [-0.25, -0.2) is 0 Å². The fraction of sp³-hybridized carbons (Fsp3) is 0.467. The van der Waals surface area contributed by atoms with Crippen molar-refractivity contribution in [2.75, 3.05) is 26.2 Å². The summed E-state index contributed by atoms with van der Waals surface area (Å²) in [4.78, 5) is 13.2. The molecule has 1 heterocycles.